The van der Waals surface area contributed by atoms with Crippen LogP contribution in [0.3, 0.4) is 0 Å². The molecule has 2 aromatic rings. The molecule has 0 aromatic heterocycles. The lowest BCUT2D eigenvalue weighted by Gasteiger charge is -2.18. The van der Waals surface area contributed by atoms with E-state index < -0.39 is 4.92 Å². The predicted molar refractivity (Wildman–Crippen MR) is 89.7 cm³/mol. The first-order chi connectivity index (χ1) is 11.9. The summed E-state index contributed by atoms with van der Waals surface area (Å²) in [5.41, 5.74) is 0.607. The minimum absolute atomic E-state index is 0.0584. The predicted octanol–water partition coefficient (Wildman–Crippen LogP) is 2.35. The highest BCUT2D eigenvalue weighted by Gasteiger charge is 2.16. The Bertz CT molecular complexity index is 777. The lowest BCUT2D eigenvalue weighted by Crippen LogP contribution is -2.30. The number of ether oxygens (including phenoxy) is 2. The van der Waals surface area contributed by atoms with Crippen molar-refractivity contribution in [2.24, 2.45) is 0 Å². The molecule has 132 valence electrons. The summed E-state index contributed by atoms with van der Waals surface area (Å²) in [5, 5.41) is 20.3. The van der Waals surface area contributed by atoms with Crippen molar-refractivity contribution in [2.75, 3.05) is 20.8 Å². The minimum Gasteiger partial charge on any atom is -0.508 e. The molecular formula is C17H18N2O6. The number of nitro benzene ring substituents is 1. The number of hydrogen-bond donors (Lipinski definition) is 1. The molecule has 0 aliphatic heterocycles. The van der Waals surface area contributed by atoms with E-state index in [1.54, 1.807) is 31.3 Å². The Balaban J connectivity index is 1.96. The van der Waals surface area contributed by atoms with Crippen LogP contribution in [0, 0.1) is 10.1 Å². The first-order valence-electron chi connectivity index (χ1n) is 7.38. The summed E-state index contributed by atoms with van der Waals surface area (Å²) in [7, 11) is 2.94. The summed E-state index contributed by atoms with van der Waals surface area (Å²) < 4.78 is 10.3. The highest BCUT2D eigenvalue weighted by molar-refractivity contribution is 5.77. The lowest BCUT2D eigenvalue weighted by atomic mass is 10.2. The Morgan fingerprint density at radius 1 is 1.28 bits per heavy atom. The summed E-state index contributed by atoms with van der Waals surface area (Å²) in [6.45, 7) is 0.0937. The third-order valence-corrected chi connectivity index (χ3v) is 3.47. The van der Waals surface area contributed by atoms with Gasteiger partial charge in [-0.25, -0.2) is 0 Å². The van der Waals surface area contributed by atoms with Crippen molar-refractivity contribution >= 4 is 11.6 Å². The van der Waals surface area contributed by atoms with E-state index in [0.717, 1.165) is 5.56 Å². The quantitative estimate of drug-likeness (QED) is 0.610. The van der Waals surface area contributed by atoms with Crippen LogP contribution in [0.4, 0.5) is 5.69 Å². The van der Waals surface area contributed by atoms with Gasteiger partial charge in [0.2, 0.25) is 5.75 Å². The van der Waals surface area contributed by atoms with Crippen molar-refractivity contribution in [1.82, 2.24) is 4.90 Å². The number of benzene rings is 2. The molecule has 25 heavy (non-hydrogen) atoms. The molecule has 0 aliphatic rings. The molecule has 8 nitrogen and oxygen atoms in total. The number of amides is 1. The monoisotopic (exact) mass is 346 g/mol. The van der Waals surface area contributed by atoms with E-state index in [2.05, 4.69) is 0 Å². The second kappa shape index (κ2) is 8.00. The first kappa shape index (κ1) is 18.1. The highest BCUT2D eigenvalue weighted by atomic mass is 16.6. The lowest BCUT2D eigenvalue weighted by molar-refractivity contribution is -0.385. The maximum Gasteiger partial charge on any atom is 0.311 e. The van der Waals surface area contributed by atoms with E-state index in [1.807, 2.05) is 0 Å². The van der Waals surface area contributed by atoms with Gasteiger partial charge in [-0.3, -0.25) is 14.9 Å². The zero-order chi connectivity index (χ0) is 18.4. The molecule has 0 aliphatic carbocycles. The highest BCUT2D eigenvalue weighted by Crippen LogP contribution is 2.30. The molecule has 2 rings (SSSR count). The maximum atomic E-state index is 12.1. The third kappa shape index (κ3) is 4.84. The molecular weight excluding hydrogens is 328 g/mol. The zero-order valence-corrected chi connectivity index (χ0v) is 13.8. The molecule has 0 bridgehead atoms. The van der Waals surface area contributed by atoms with Crippen LogP contribution >= 0.6 is 0 Å². The van der Waals surface area contributed by atoms with Gasteiger partial charge in [0.05, 0.1) is 12.0 Å². The summed E-state index contributed by atoms with van der Waals surface area (Å²) in [4.78, 5) is 23.9. The molecule has 0 atom stereocenters. The number of likely N-dealkylation sites (N-methyl/N-ethyl adjacent to an activating group) is 1. The number of methoxy groups -OCH3 is 1. The molecule has 1 N–H and O–H groups in total. The minimum atomic E-state index is -0.559. The number of hydrogen-bond acceptors (Lipinski definition) is 6. The van der Waals surface area contributed by atoms with Gasteiger partial charge < -0.3 is 19.5 Å². The van der Waals surface area contributed by atoms with Crippen molar-refractivity contribution in [1.29, 1.82) is 0 Å². The summed E-state index contributed by atoms with van der Waals surface area (Å²) in [6.07, 6.45) is 0. The van der Waals surface area contributed by atoms with E-state index in [4.69, 9.17) is 9.47 Å². The van der Waals surface area contributed by atoms with Crippen molar-refractivity contribution in [3.05, 3.63) is 58.1 Å². The maximum absolute atomic E-state index is 12.1. The van der Waals surface area contributed by atoms with Crippen molar-refractivity contribution in [3.8, 4) is 17.2 Å². The number of phenolic OH excluding ortho intramolecular Hbond substituents is 1. The van der Waals surface area contributed by atoms with Crippen molar-refractivity contribution in [2.45, 2.75) is 6.54 Å². The molecule has 0 fully saturated rings. The summed E-state index contributed by atoms with van der Waals surface area (Å²) >= 11 is 0. The largest absolute Gasteiger partial charge is 0.508 e. The van der Waals surface area contributed by atoms with Gasteiger partial charge in [-0.05, 0) is 23.8 Å². The average molecular weight is 346 g/mol. The van der Waals surface area contributed by atoms with E-state index in [0.29, 0.717) is 12.3 Å². The van der Waals surface area contributed by atoms with Crippen molar-refractivity contribution < 1.29 is 24.3 Å². The standard InChI is InChI=1S/C17H18N2O6/c1-18(10-12-4-3-5-13(20)8-12)17(21)11-25-14-6-7-15(19(22)23)16(9-14)24-2/h3-9,20H,10-11H2,1-2H3. The Morgan fingerprint density at radius 2 is 2.04 bits per heavy atom. The Labute approximate surface area is 144 Å². The third-order valence-electron chi connectivity index (χ3n) is 3.47. The van der Waals surface area contributed by atoms with Crippen molar-refractivity contribution in [3.63, 3.8) is 0 Å². The van der Waals surface area contributed by atoms with E-state index in [-0.39, 0.29) is 29.7 Å². The average Bonchev–Trinajstić information content (AvgIpc) is 2.59. The number of rotatable bonds is 7. The fraction of sp³-hybridized carbons (Fsp3) is 0.235. The van der Waals surface area contributed by atoms with Gasteiger partial charge in [0.1, 0.15) is 11.5 Å². The summed E-state index contributed by atoms with van der Waals surface area (Å²) in [5.74, 6) is 0.206. The van der Waals surface area contributed by atoms with Gasteiger partial charge in [-0.1, -0.05) is 12.1 Å². The molecule has 0 radical (unpaired) electrons. The smallest absolute Gasteiger partial charge is 0.311 e. The number of aromatic hydroxyl groups is 1. The van der Waals surface area contributed by atoms with E-state index in [9.17, 15) is 20.0 Å². The molecule has 2 aromatic carbocycles. The second-order valence-electron chi connectivity index (χ2n) is 5.30. The van der Waals surface area contributed by atoms with Crippen LogP contribution in [-0.2, 0) is 11.3 Å². The van der Waals surface area contributed by atoms with E-state index in [1.165, 1.54) is 30.2 Å². The van der Waals surface area contributed by atoms with Crippen LogP contribution in [0.25, 0.3) is 0 Å². The fourth-order valence-electron chi connectivity index (χ4n) is 2.17. The SMILES string of the molecule is COc1cc(OCC(=O)N(C)Cc2cccc(O)c2)ccc1[N+](=O)[O-]. The molecule has 1 amide bonds. The number of nitro groups is 1. The van der Waals surface area contributed by atoms with Gasteiger partial charge in [0.25, 0.3) is 5.91 Å². The van der Waals surface area contributed by atoms with Crippen LogP contribution in [0.5, 0.6) is 17.2 Å². The van der Waals surface area contributed by atoms with Crippen LogP contribution in [-0.4, -0.2) is 41.6 Å². The molecule has 0 heterocycles. The molecule has 0 saturated heterocycles. The molecule has 0 unspecified atom stereocenters. The second-order valence-corrected chi connectivity index (χ2v) is 5.30. The van der Waals surface area contributed by atoms with Gasteiger partial charge in [0, 0.05) is 25.7 Å². The molecule has 8 heteroatoms. The number of nitrogens with zero attached hydrogens (tertiary/aromatic N) is 2. The number of carbonyl (C=O) groups is 1. The molecule has 0 spiro atoms. The first-order valence-corrected chi connectivity index (χ1v) is 7.38. The topological polar surface area (TPSA) is 102 Å². The van der Waals surface area contributed by atoms with Gasteiger partial charge in [-0.2, -0.15) is 0 Å². The Morgan fingerprint density at radius 3 is 2.68 bits per heavy atom. The number of phenols is 1. The van der Waals surface area contributed by atoms with Gasteiger partial charge in [-0.15, -0.1) is 0 Å². The van der Waals surface area contributed by atoms with Crippen LogP contribution in [0.2, 0.25) is 0 Å². The van der Waals surface area contributed by atoms with Crippen LogP contribution in [0.15, 0.2) is 42.5 Å². The Kier molecular flexibility index (Phi) is 5.78. The van der Waals surface area contributed by atoms with E-state index >= 15 is 0 Å². The normalized spacial score (nSPS) is 10.2. The van der Waals surface area contributed by atoms with Crippen LogP contribution in [0.1, 0.15) is 5.56 Å². The Hall–Kier alpha value is -3.29. The summed E-state index contributed by atoms with van der Waals surface area (Å²) in [6, 6.07) is 10.6. The number of carbonyl (C=O) groups excluding carboxylic acids is 1. The zero-order valence-electron chi connectivity index (χ0n) is 13.8. The van der Waals surface area contributed by atoms with Crippen LogP contribution < -0.4 is 9.47 Å². The fourth-order valence-corrected chi connectivity index (χ4v) is 2.17. The van der Waals surface area contributed by atoms with Gasteiger partial charge >= 0.3 is 5.69 Å². The van der Waals surface area contributed by atoms with Gasteiger partial charge in [0.15, 0.2) is 6.61 Å². The molecule has 0 saturated carbocycles.